The number of carboxylic acids is 1. The van der Waals surface area contributed by atoms with E-state index in [1.807, 2.05) is 0 Å². The number of carbonyl (C=O) groups is 2. The molecule has 4 nitrogen and oxygen atoms in total. The van der Waals surface area contributed by atoms with E-state index in [0.717, 1.165) is 51.4 Å². The Hall–Kier alpha value is -0.100. The van der Waals surface area contributed by atoms with Gasteiger partial charge in [0.2, 0.25) is 0 Å². The van der Waals surface area contributed by atoms with Crippen LogP contribution in [0.1, 0.15) is 71.6 Å². The minimum atomic E-state index is -1.20. The molecule has 130 valence electrons. The standard InChI is InChI=1S/C16H28Br2O4/c1-3-5-7-9-11-16(18,13(17)14(19)20)15(21)22-12-10-8-6-4-2/h13H,3-12H2,1-2H3,(H,19,20). The minimum absolute atomic E-state index is 0.348. The average Bonchev–Trinajstić information content (AvgIpc) is 2.50. The summed E-state index contributed by atoms with van der Waals surface area (Å²) in [4.78, 5) is 22.6. The van der Waals surface area contributed by atoms with Gasteiger partial charge in [0.15, 0.2) is 0 Å². The summed E-state index contributed by atoms with van der Waals surface area (Å²) in [6, 6.07) is 0. The summed E-state index contributed by atoms with van der Waals surface area (Å²) < 4.78 is 4.11. The van der Waals surface area contributed by atoms with Crippen molar-refractivity contribution in [3.63, 3.8) is 0 Å². The van der Waals surface area contributed by atoms with Crippen LogP contribution in [0.5, 0.6) is 0 Å². The molecule has 2 atom stereocenters. The molecule has 0 radical (unpaired) electrons. The number of hydrogen-bond donors (Lipinski definition) is 1. The van der Waals surface area contributed by atoms with Gasteiger partial charge in [-0.3, -0.25) is 9.59 Å². The molecular weight excluding hydrogens is 416 g/mol. The van der Waals surface area contributed by atoms with Gasteiger partial charge in [0.1, 0.15) is 9.15 Å². The maximum Gasteiger partial charge on any atom is 0.324 e. The van der Waals surface area contributed by atoms with Crippen LogP contribution in [-0.4, -0.2) is 32.8 Å². The summed E-state index contributed by atoms with van der Waals surface area (Å²) in [6.45, 7) is 4.57. The molecule has 0 aliphatic rings. The van der Waals surface area contributed by atoms with Gasteiger partial charge in [-0.25, -0.2) is 0 Å². The first kappa shape index (κ1) is 21.9. The zero-order valence-electron chi connectivity index (χ0n) is 13.6. The molecule has 6 heteroatoms. The van der Waals surface area contributed by atoms with Crippen LogP contribution in [0, 0.1) is 0 Å². The van der Waals surface area contributed by atoms with Crippen LogP contribution in [0.25, 0.3) is 0 Å². The van der Waals surface area contributed by atoms with E-state index in [2.05, 4.69) is 45.7 Å². The first-order chi connectivity index (χ1) is 10.4. The fraction of sp³-hybridized carbons (Fsp3) is 0.875. The van der Waals surface area contributed by atoms with E-state index in [1.54, 1.807) is 0 Å². The normalized spacial score (nSPS) is 15.1. The molecule has 0 aromatic carbocycles. The highest BCUT2D eigenvalue weighted by Gasteiger charge is 2.47. The molecule has 0 bridgehead atoms. The molecule has 2 unspecified atom stereocenters. The maximum absolute atomic E-state index is 12.3. The smallest absolute Gasteiger partial charge is 0.324 e. The lowest BCUT2D eigenvalue weighted by molar-refractivity contribution is -0.150. The zero-order valence-corrected chi connectivity index (χ0v) is 16.7. The van der Waals surface area contributed by atoms with Gasteiger partial charge in [0, 0.05) is 0 Å². The third-order valence-electron chi connectivity index (χ3n) is 3.58. The minimum Gasteiger partial charge on any atom is -0.480 e. The number of alkyl halides is 2. The van der Waals surface area contributed by atoms with Crippen molar-refractivity contribution in [1.82, 2.24) is 0 Å². The SMILES string of the molecule is CCCCCCOC(=O)C(Br)(CCCCCC)C(Br)C(=O)O. The molecular formula is C16H28Br2O4. The second-order valence-electron chi connectivity index (χ2n) is 5.57. The number of halogens is 2. The molecule has 0 aromatic heterocycles. The van der Waals surface area contributed by atoms with Gasteiger partial charge < -0.3 is 9.84 Å². The number of unbranched alkanes of at least 4 members (excludes halogenated alkanes) is 6. The van der Waals surface area contributed by atoms with Crippen LogP contribution in [0.4, 0.5) is 0 Å². The predicted molar refractivity (Wildman–Crippen MR) is 95.9 cm³/mol. The van der Waals surface area contributed by atoms with Crippen LogP contribution in [0.3, 0.4) is 0 Å². The molecule has 0 fully saturated rings. The van der Waals surface area contributed by atoms with Crippen molar-refractivity contribution in [3.8, 4) is 0 Å². The van der Waals surface area contributed by atoms with Crippen LogP contribution < -0.4 is 0 Å². The highest BCUT2D eigenvalue weighted by atomic mass is 79.9. The summed E-state index contributed by atoms with van der Waals surface area (Å²) in [5, 5.41) is 9.23. The van der Waals surface area contributed by atoms with Gasteiger partial charge in [-0.15, -0.1) is 0 Å². The molecule has 0 amide bonds. The molecule has 0 aliphatic carbocycles. The van der Waals surface area contributed by atoms with Crippen molar-refractivity contribution in [2.75, 3.05) is 6.61 Å². The topological polar surface area (TPSA) is 63.6 Å². The number of ether oxygens (including phenoxy) is 1. The molecule has 0 spiro atoms. The lowest BCUT2D eigenvalue weighted by Crippen LogP contribution is -2.46. The van der Waals surface area contributed by atoms with E-state index in [9.17, 15) is 14.7 Å². The Morgan fingerprint density at radius 1 is 1.05 bits per heavy atom. The van der Waals surface area contributed by atoms with Crippen molar-refractivity contribution < 1.29 is 19.4 Å². The van der Waals surface area contributed by atoms with Crippen LogP contribution in [0.2, 0.25) is 0 Å². The quantitative estimate of drug-likeness (QED) is 0.245. The highest BCUT2D eigenvalue weighted by Crippen LogP contribution is 2.35. The van der Waals surface area contributed by atoms with Crippen molar-refractivity contribution in [3.05, 3.63) is 0 Å². The highest BCUT2D eigenvalue weighted by molar-refractivity contribution is 9.13. The van der Waals surface area contributed by atoms with E-state index >= 15 is 0 Å². The fourth-order valence-corrected chi connectivity index (χ4v) is 3.16. The van der Waals surface area contributed by atoms with Gasteiger partial charge in [0.25, 0.3) is 0 Å². The second-order valence-corrected chi connectivity index (χ2v) is 7.90. The number of carbonyl (C=O) groups excluding carboxylic acids is 1. The van der Waals surface area contributed by atoms with Gasteiger partial charge in [0.05, 0.1) is 6.61 Å². The molecule has 1 N–H and O–H groups in total. The fourth-order valence-electron chi connectivity index (χ4n) is 2.15. The summed E-state index contributed by atoms with van der Waals surface area (Å²) in [5.41, 5.74) is 0. The Labute approximate surface area is 150 Å². The van der Waals surface area contributed by atoms with E-state index in [0.29, 0.717) is 13.0 Å². The van der Waals surface area contributed by atoms with Crippen molar-refractivity contribution in [1.29, 1.82) is 0 Å². The van der Waals surface area contributed by atoms with E-state index in [1.165, 1.54) is 0 Å². The monoisotopic (exact) mass is 442 g/mol. The van der Waals surface area contributed by atoms with Crippen molar-refractivity contribution >= 4 is 43.8 Å². The first-order valence-electron chi connectivity index (χ1n) is 8.13. The number of esters is 1. The van der Waals surface area contributed by atoms with Gasteiger partial charge in [-0.2, -0.15) is 0 Å². The molecule has 0 heterocycles. The molecule has 0 aromatic rings. The number of hydrogen-bond acceptors (Lipinski definition) is 3. The Kier molecular flexibility index (Phi) is 12.3. The van der Waals surface area contributed by atoms with Gasteiger partial charge >= 0.3 is 11.9 Å². The Morgan fingerprint density at radius 3 is 2.09 bits per heavy atom. The average molecular weight is 444 g/mol. The maximum atomic E-state index is 12.3. The zero-order chi connectivity index (χ0) is 17.0. The van der Waals surface area contributed by atoms with E-state index in [4.69, 9.17) is 4.74 Å². The Balaban J connectivity index is 4.55. The van der Waals surface area contributed by atoms with Crippen molar-refractivity contribution in [2.24, 2.45) is 0 Å². The lowest BCUT2D eigenvalue weighted by Gasteiger charge is -2.28. The van der Waals surface area contributed by atoms with Crippen LogP contribution in [0.15, 0.2) is 0 Å². The molecule has 0 saturated heterocycles. The summed E-state index contributed by atoms with van der Waals surface area (Å²) >= 11 is 6.47. The summed E-state index contributed by atoms with van der Waals surface area (Å²) in [7, 11) is 0. The van der Waals surface area contributed by atoms with Crippen molar-refractivity contribution in [2.45, 2.75) is 80.8 Å². The van der Waals surface area contributed by atoms with Gasteiger partial charge in [-0.1, -0.05) is 90.7 Å². The first-order valence-corrected chi connectivity index (χ1v) is 9.84. The number of carboxylic acid groups (broad SMARTS) is 1. The number of rotatable bonds is 13. The Morgan fingerprint density at radius 2 is 1.59 bits per heavy atom. The number of aliphatic carboxylic acids is 1. The third-order valence-corrected chi connectivity index (χ3v) is 6.55. The summed E-state index contributed by atoms with van der Waals surface area (Å²) in [5.74, 6) is -1.54. The lowest BCUT2D eigenvalue weighted by atomic mass is 9.97. The second kappa shape index (κ2) is 12.3. The molecule has 0 saturated carbocycles. The molecule has 0 rings (SSSR count). The van der Waals surface area contributed by atoms with E-state index < -0.39 is 21.1 Å². The van der Waals surface area contributed by atoms with Crippen LogP contribution in [-0.2, 0) is 14.3 Å². The predicted octanol–water partition coefficient (Wildman–Crippen LogP) is 5.06. The van der Waals surface area contributed by atoms with E-state index in [-0.39, 0.29) is 0 Å². The Bertz CT molecular complexity index is 336. The summed E-state index contributed by atoms with van der Waals surface area (Å²) in [6.07, 6.45) is 8.46. The van der Waals surface area contributed by atoms with Gasteiger partial charge in [-0.05, 0) is 12.8 Å². The largest absolute Gasteiger partial charge is 0.480 e. The molecule has 0 aliphatic heterocycles. The third kappa shape index (κ3) is 7.95. The van der Waals surface area contributed by atoms with Crippen LogP contribution >= 0.6 is 31.9 Å². The molecule has 22 heavy (non-hydrogen) atoms.